The van der Waals surface area contributed by atoms with E-state index in [0.717, 1.165) is 12.1 Å². The lowest BCUT2D eigenvalue weighted by Crippen LogP contribution is -2.29. The molecule has 1 amide bonds. The summed E-state index contributed by atoms with van der Waals surface area (Å²) in [6, 6.07) is 8.90. The van der Waals surface area contributed by atoms with Crippen molar-refractivity contribution >= 4 is 29.0 Å². The lowest BCUT2D eigenvalue weighted by molar-refractivity contribution is -0.137. The topological polar surface area (TPSA) is 37.4 Å². The van der Waals surface area contributed by atoms with Crippen LogP contribution in [0.25, 0.3) is 0 Å². The lowest BCUT2D eigenvalue weighted by atomic mass is 10.1. The second kappa shape index (κ2) is 5.38. The number of ketones is 1. The van der Waals surface area contributed by atoms with Gasteiger partial charge in [0.05, 0.1) is 23.4 Å². The molecule has 0 atom stereocenters. The van der Waals surface area contributed by atoms with E-state index in [4.69, 9.17) is 11.6 Å². The van der Waals surface area contributed by atoms with Crippen LogP contribution in [0.3, 0.4) is 0 Å². The minimum absolute atomic E-state index is 0.00392. The fourth-order valence-electron chi connectivity index (χ4n) is 2.41. The molecule has 0 bridgehead atoms. The Balaban J connectivity index is 1.90. The van der Waals surface area contributed by atoms with Gasteiger partial charge in [-0.3, -0.25) is 9.59 Å². The van der Waals surface area contributed by atoms with Crippen LogP contribution in [-0.2, 0) is 17.5 Å². The number of anilines is 1. The number of hydrogen-bond acceptors (Lipinski definition) is 2. The SMILES string of the molecule is O=C1C(=O)N(Cc2ccc(C(F)(F)F)cc2)c2cc(Cl)ccc21. The van der Waals surface area contributed by atoms with Crippen molar-refractivity contribution in [1.82, 2.24) is 0 Å². The smallest absolute Gasteiger partial charge is 0.300 e. The van der Waals surface area contributed by atoms with Gasteiger partial charge in [-0.15, -0.1) is 0 Å². The summed E-state index contributed by atoms with van der Waals surface area (Å²) in [4.78, 5) is 25.2. The minimum Gasteiger partial charge on any atom is -0.300 e. The zero-order valence-corrected chi connectivity index (χ0v) is 12.3. The molecule has 118 valence electrons. The minimum atomic E-state index is -4.42. The molecule has 3 nitrogen and oxygen atoms in total. The molecule has 0 aliphatic carbocycles. The Labute approximate surface area is 134 Å². The highest BCUT2D eigenvalue weighted by molar-refractivity contribution is 6.52. The first-order valence-corrected chi connectivity index (χ1v) is 6.97. The van der Waals surface area contributed by atoms with E-state index in [0.29, 0.717) is 16.3 Å². The van der Waals surface area contributed by atoms with E-state index in [1.54, 1.807) is 0 Å². The molecule has 23 heavy (non-hydrogen) atoms. The number of nitrogens with zero attached hydrogens (tertiary/aromatic N) is 1. The molecule has 0 aromatic heterocycles. The summed E-state index contributed by atoms with van der Waals surface area (Å²) >= 11 is 5.88. The highest BCUT2D eigenvalue weighted by Crippen LogP contribution is 2.33. The average molecular weight is 340 g/mol. The number of carbonyl (C=O) groups is 2. The zero-order chi connectivity index (χ0) is 16.8. The fourth-order valence-corrected chi connectivity index (χ4v) is 2.57. The Kier molecular flexibility index (Phi) is 3.64. The number of rotatable bonds is 2. The predicted molar refractivity (Wildman–Crippen MR) is 78.4 cm³/mol. The van der Waals surface area contributed by atoms with Crippen molar-refractivity contribution in [2.75, 3.05) is 4.90 Å². The van der Waals surface area contributed by atoms with Crippen LogP contribution in [-0.4, -0.2) is 11.7 Å². The van der Waals surface area contributed by atoms with Gasteiger partial charge in [0.1, 0.15) is 0 Å². The summed E-state index contributed by atoms with van der Waals surface area (Å²) in [6.45, 7) is -0.00392. The quantitative estimate of drug-likeness (QED) is 0.773. The maximum Gasteiger partial charge on any atom is 0.416 e. The molecule has 0 spiro atoms. The second-order valence-electron chi connectivity index (χ2n) is 5.08. The van der Waals surface area contributed by atoms with Crippen LogP contribution in [0.15, 0.2) is 42.5 Å². The molecule has 2 aromatic rings. The van der Waals surface area contributed by atoms with Gasteiger partial charge in [-0.25, -0.2) is 0 Å². The summed E-state index contributed by atoms with van der Waals surface area (Å²) in [6.07, 6.45) is -4.42. The number of hydrogen-bond donors (Lipinski definition) is 0. The predicted octanol–water partition coefficient (Wildman–Crippen LogP) is 4.09. The summed E-state index contributed by atoms with van der Waals surface area (Å²) in [5.74, 6) is -1.37. The highest BCUT2D eigenvalue weighted by atomic mass is 35.5. The molecule has 7 heteroatoms. The van der Waals surface area contributed by atoms with Gasteiger partial charge < -0.3 is 4.90 Å². The van der Waals surface area contributed by atoms with Crippen LogP contribution in [0.1, 0.15) is 21.5 Å². The monoisotopic (exact) mass is 339 g/mol. The van der Waals surface area contributed by atoms with Crippen LogP contribution < -0.4 is 4.90 Å². The average Bonchev–Trinajstić information content (AvgIpc) is 2.72. The van der Waals surface area contributed by atoms with E-state index in [-0.39, 0.29) is 12.1 Å². The normalized spacial score (nSPS) is 14.3. The molecule has 3 rings (SSSR count). The molecule has 0 saturated heterocycles. The largest absolute Gasteiger partial charge is 0.416 e. The molecule has 1 heterocycles. The molecule has 0 fully saturated rings. The third-order valence-corrected chi connectivity index (χ3v) is 3.79. The van der Waals surface area contributed by atoms with Crippen LogP contribution in [0.4, 0.5) is 18.9 Å². The van der Waals surface area contributed by atoms with Gasteiger partial charge in [-0.2, -0.15) is 13.2 Å². The molecule has 2 aromatic carbocycles. The van der Waals surface area contributed by atoms with Gasteiger partial charge in [-0.1, -0.05) is 23.7 Å². The first kappa shape index (κ1) is 15.6. The van der Waals surface area contributed by atoms with Crippen LogP contribution in [0.5, 0.6) is 0 Å². The highest BCUT2D eigenvalue weighted by Gasteiger charge is 2.36. The van der Waals surface area contributed by atoms with E-state index in [1.807, 2.05) is 0 Å². The molecule has 0 saturated carbocycles. The summed E-state index contributed by atoms with van der Waals surface area (Å²) in [5, 5.41) is 0.365. The van der Waals surface area contributed by atoms with Gasteiger partial charge in [0.25, 0.3) is 11.7 Å². The van der Waals surface area contributed by atoms with E-state index in [1.165, 1.54) is 35.2 Å². The number of Topliss-reactive ketones (excluding diaryl/α,β-unsaturated/α-hetero) is 1. The Morgan fingerprint density at radius 3 is 2.26 bits per heavy atom. The Bertz CT molecular complexity index is 800. The maximum absolute atomic E-state index is 12.6. The maximum atomic E-state index is 12.6. The van der Waals surface area contributed by atoms with E-state index >= 15 is 0 Å². The van der Waals surface area contributed by atoms with Gasteiger partial charge in [-0.05, 0) is 35.9 Å². The van der Waals surface area contributed by atoms with Gasteiger partial charge in [0, 0.05) is 5.02 Å². The molecular formula is C16H9ClF3NO2. The fraction of sp³-hybridized carbons (Fsp3) is 0.125. The summed E-state index contributed by atoms with van der Waals surface area (Å²) in [5.41, 5.74) is 0.319. The third kappa shape index (κ3) is 2.82. The van der Waals surface area contributed by atoms with Crippen molar-refractivity contribution in [3.63, 3.8) is 0 Å². The van der Waals surface area contributed by atoms with Gasteiger partial charge in [0.2, 0.25) is 0 Å². The number of carbonyl (C=O) groups excluding carboxylic acids is 2. The molecular weight excluding hydrogens is 331 g/mol. The third-order valence-electron chi connectivity index (χ3n) is 3.56. The summed E-state index contributed by atoms with van der Waals surface area (Å²) < 4.78 is 37.7. The van der Waals surface area contributed by atoms with Crippen molar-refractivity contribution in [3.8, 4) is 0 Å². The van der Waals surface area contributed by atoms with E-state index in [2.05, 4.69) is 0 Å². The van der Waals surface area contributed by atoms with Crippen LogP contribution in [0.2, 0.25) is 5.02 Å². The molecule has 0 radical (unpaired) electrons. The van der Waals surface area contributed by atoms with Crippen LogP contribution >= 0.6 is 11.6 Å². The number of amides is 1. The van der Waals surface area contributed by atoms with Crippen molar-refractivity contribution in [2.24, 2.45) is 0 Å². The second-order valence-corrected chi connectivity index (χ2v) is 5.51. The zero-order valence-electron chi connectivity index (χ0n) is 11.5. The Morgan fingerprint density at radius 1 is 1.00 bits per heavy atom. The molecule has 1 aliphatic rings. The first-order valence-electron chi connectivity index (χ1n) is 6.59. The lowest BCUT2D eigenvalue weighted by Gasteiger charge is -2.17. The molecule has 0 N–H and O–H groups in total. The molecule has 0 unspecified atom stereocenters. The molecule has 1 aliphatic heterocycles. The summed E-state index contributed by atoms with van der Waals surface area (Å²) in [7, 11) is 0. The number of fused-ring (bicyclic) bond motifs is 1. The van der Waals surface area contributed by atoms with Gasteiger partial charge >= 0.3 is 6.18 Å². The van der Waals surface area contributed by atoms with Crippen molar-refractivity contribution in [1.29, 1.82) is 0 Å². The van der Waals surface area contributed by atoms with E-state index < -0.39 is 23.4 Å². The van der Waals surface area contributed by atoms with Gasteiger partial charge in [0.15, 0.2) is 0 Å². The number of benzene rings is 2. The standard InChI is InChI=1S/C16H9ClF3NO2/c17-11-5-6-12-13(7-11)21(15(23)14(12)22)8-9-1-3-10(4-2-9)16(18,19)20/h1-7H,8H2. The van der Waals surface area contributed by atoms with E-state index in [9.17, 15) is 22.8 Å². The van der Waals surface area contributed by atoms with Crippen molar-refractivity contribution in [3.05, 3.63) is 64.2 Å². The Morgan fingerprint density at radius 2 is 1.65 bits per heavy atom. The van der Waals surface area contributed by atoms with Crippen molar-refractivity contribution < 1.29 is 22.8 Å². The first-order chi connectivity index (χ1) is 10.8. The van der Waals surface area contributed by atoms with Crippen molar-refractivity contribution in [2.45, 2.75) is 12.7 Å². The Hall–Kier alpha value is -2.34. The number of alkyl halides is 3. The van der Waals surface area contributed by atoms with Crippen LogP contribution in [0, 0.1) is 0 Å². The number of halogens is 4.